The molecule has 1 amide bonds. The number of rotatable bonds is 8. The van der Waals surface area contributed by atoms with Gasteiger partial charge in [-0.25, -0.2) is 8.42 Å². The number of nitrogens with zero attached hydrogens (tertiary/aromatic N) is 1. The van der Waals surface area contributed by atoms with Crippen molar-refractivity contribution < 1.29 is 13.2 Å². The summed E-state index contributed by atoms with van der Waals surface area (Å²) in [5.74, 6) is 0.227. The molecule has 0 aromatic heterocycles. The summed E-state index contributed by atoms with van der Waals surface area (Å²) in [6.45, 7) is 10.4. The molecule has 0 heterocycles. The molecule has 0 aliphatic heterocycles. The van der Waals surface area contributed by atoms with Crippen LogP contribution in [0.5, 0.6) is 0 Å². The second kappa shape index (κ2) is 8.62. The lowest BCUT2D eigenvalue weighted by Crippen LogP contribution is -2.38. The zero-order chi connectivity index (χ0) is 18.5. The summed E-state index contributed by atoms with van der Waals surface area (Å²) in [4.78, 5) is 12.5. The largest absolute Gasteiger partial charge is 0.324 e. The molecule has 6 heteroatoms. The number of carbonyl (C=O) groups excluding carboxylic acids is 1. The quantitative estimate of drug-likeness (QED) is 0.776. The van der Waals surface area contributed by atoms with Crippen molar-refractivity contribution >= 4 is 21.6 Å². The van der Waals surface area contributed by atoms with E-state index < -0.39 is 10.0 Å². The Labute approximate surface area is 146 Å². The summed E-state index contributed by atoms with van der Waals surface area (Å²) in [5, 5.41) is 2.96. The molecule has 0 spiro atoms. The van der Waals surface area contributed by atoms with E-state index >= 15 is 0 Å². The lowest BCUT2D eigenvalue weighted by molar-refractivity contribution is -0.116. The number of nitrogens with one attached hydrogen (secondary N) is 1. The fourth-order valence-electron chi connectivity index (χ4n) is 2.65. The molecule has 0 bridgehead atoms. The van der Waals surface area contributed by atoms with Gasteiger partial charge in [-0.2, -0.15) is 4.31 Å². The first-order valence-electron chi connectivity index (χ1n) is 8.45. The van der Waals surface area contributed by atoms with Crippen molar-refractivity contribution in [3.63, 3.8) is 0 Å². The zero-order valence-electron chi connectivity index (χ0n) is 15.6. The Morgan fingerprint density at radius 2 is 1.62 bits per heavy atom. The van der Waals surface area contributed by atoms with Gasteiger partial charge >= 0.3 is 0 Å². The average molecular weight is 355 g/mol. The van der Waals surface area contributed by atoms with E-state index in [1.54, 1.807) is 0 Å². The van der Waals surface area contributed by atoms with Crippen molar-refractivity contribution in [1.29, 1.82) is 0 Å². The Kier molecular flexibility index (Phi) is 7.42. The number of amides is 1. The van der Waals surface area contributed by atoms with Crippen LogP contribution in [0.25, 0.3) is 0 Å². The highest BCUT2D eigenvalue weighted by atomic mass is 32.2. The Morgan fingerprint density at radius 1 is 1.12 bits per heavy atom. The van der Waals surface area contributed by atoms with Gasteiger partial charge in [-0.05, 0) is 29.4 Å². The summed E-state index contributed by atoms with van der Waals surface area (Å²) in [6, 6.07) is 6.01. The maximum absolute atomic E-state index is 12.5. The lowest BCUT2D eigenvalue weighted by Gasteiger charge is -2.22. The molecule has 0 fully saturated rings. The summed E-state index contributed by atoms with van der Waals surface area (Å²) in [6.07, 6.45) is 1.80. The number of hydrogen-bond acceptors (Lipinski definition) is 3. The minimum Gasteiger partial charge on any atom is -0.324 e. The Morgan fingerprint density at radius 3 is 2.00 bits per heavy atom. The van der Waals surface area contributed by atoms with Crippen LogP contribution in [0.2, 0.25) is 0 Å². The number of para-hydroxylation sites is 1. The van der Waals surface area contributed by atoms with E-state index in [1.165, 1.54) is 4.31 Å². The molecule has 0 saturated heterocycles. The van der Waals surface area contributed by atoms with Crippen molar-refractivity contribution in [2.45, 2.75) is 52.9 Å². The predicted molar refractivity (Wildman–Crippen MR) is 100.0 cm³/mol. The molecular formula is C18H30N2O3S. The van der Waals surface area contributed by atoms with Crippen LogP contribution in [0, 0.1) is 0 Å². The third-order valence-corrected chi connectivity index (χ3v) is 5.15. The standard InChI is InChI=1S/C18H30N2O3S/c1-7-11-20(24(6,22)23)12-17(21)19-18-15(13(2)3)9-8-10-16(18)14(4)5/h8-10,13-14H,7,11-12H2,1-6H3,(H,19,21). The fourth-order valence-corrected chi connectivity index (χ4v) is 3.51. The molecule has 1 N–H and O–H groups in total. The number of sulfonamides is 1. The third-order valence-electron chi connectivity index (χ3n) is 3.90. The molecule has 0 atom stereocenters. The fraction of sp³-hybridized carbons (Fsp3) is 0.611. The predicted octanol–water partition coefficient (Wildman–Crippen LogP) is 3.54. The average Bonchev–Trinajstić information content (AvgIpc) is 2.45. The van der Waals surface area contributed by atoms with E-state index in [0.717, 1.165) is 23.1 Å². The van der Waals surface area contributed by atoms with Gasteiger partial charge in [0.1, 0.15) is 0 Å². The molecule has 5 nitrogen and oxygen atoms in total. The second-order valence-corrected chi connectivity index (χ2v) is 8.75. The van der Waals surface area contributed by atoms with Crippen LogP contribution in [-0.4, -0.2) is 38.0 Å². The maximum atomic E-state index is 12.5. The highest BCUT2D eigenvalue weighted by Crippen LogP contribution is 2.32. The Balaban J connectivity index is 3.09. The highest BCUT2D eigenvalue weighted by molar-refractivity contribution is 7.88. The van der Waals surface area contributed by atoms with Crippen molar-refractivity contribution in [2.24, 2.45) is 0 Å². The topological polar surface area (TPSA) is 66.5 Å². The molecule has 0 aliphatic carbocycles. The highest BCUT2D eigenvalue weighted by Gasteiger charge is 2.21. The first-order chi connectivity index (χ1) is 11.1. The molecule has 0 aliphatic rings. The van der Waals surface area contributed by atoms with Crippen molar-refractivity contribution in [3.05, 3.63) is 29.3 Å². The van der Waals surface area contributed by atoms with Gasteiger partial charge in [-0.15, -0.1) is 0 Å². The van der Waals surface area contributed by atoms with E-state index in [-0.39, 0.29) is 24.3 Å². The van der Waals surface area contributed by atoms with Crippen LogP contribution in [0.3, 0.4) is 0 Å². The summed E-state index contributed by atoms with van der Waals surface area (Å²) < 4.78 is 24.8. The number of anilines is 1. The van der Waals surface area contributed by atoms with Gasteiger partial charge < -0.3 is 5.32 Å². The monoisotopic (exact) mass is 354 g/mol. The molecule has 0 radical (unpaired) electrons. The van der Waals surface area contributed by atoms with Crippen molar-refractivity contribution in [3.8, 4) is 0 Å². The van der Waals surface area contributed by atoms with Crippen LogP contribution in [-0.2, 0) is 14.8 Å². The van der Waals surface area contributed by atoms with Crippen LogP contribution >= 0.6 is 0 Å². The van der Waals surface area contributed by atoms with Crippen LogP contribution in [0.1, 0.15) is 64.0 Å². The van der Waals surface area contributed by atoms with Crippen LogP contribution in [0.4, 0.5) is 5.69 Å². The lowest BCUT2D eigenvalue weighted by atomic mass is 9.92. The van der Waals surface area contributed by atoms with Crippen molar-refractivity contribution in [1.82, 2.24) is 4.31 Å². The van der Waals surface area contributed by atoms with Gasteiger partial charge in [-0.3, -0.25) is 4.79 Å². The molecule has 1 rings (SSSR count). The first kappa shape index (κ1) is 20.6. The minimum absolute atomic E-state index is 0.156. The third kappa shape index (κ3) is 5.60. The minimum atomic E-state index is -3.39. The SMILES string of the molecule is CCCN(CC(=O)Nc1c(C(C)C)cccc1C(C)C)S(C)(=O)=O. The van der Waals surface area contributed by atoms with E-state index in [0.29, 0.717) is 13.0 Å². The Bertz CT molecular complexity index is 641. The number of benzene rings is 1. The van der Waals surface area contributed by atoms with Crippen LogP contribution in [0.15, 0.2) is 18.2 Å². The summed E-state index contributed by atoms with van der Waals surface area (Å²) in [5.41, 5.74) is 2.95. The Hall–Kier alpha value is -1.40. The molecule has 1 aromatic carbocycles. The first-order valence-corrected chi connectivity index (χ1v) is 10.3. The van der Waals surface area contributed by atoms with Gasteiger partial charge in [0, 0.05) is 12.2 Å². The van der Waals surface area contributed by atoms with Gasteiger partial charge in [0.25, 0.3) is 0 Å². The number of carbonyl (C=O) groups is 1. The van der Waals surface area contributed by atoms with Crippen LogP contribution < -0.4 is 5.32 Å². The van der Waals surface area contributed by atoms with E-state index in [2.05, 4.69) is 33.0 Å². The van der Waals surface area contributed by atoms with Gasteiger partial charge in [0.05, 0.1) is 12.8 Å². The molecule has 136 valence electrons. The van der Waals surface area contributed by atoms with E-state index in [1.807, 2.05) is 25.1 Å². The van der Waals surface area contributed by atoms with Gasteiger partial charge in [-0.1, -0.05) is 52.8 Å². The zero-order valence-corrected chi connectivity index (χ0v) is 16.4. The summed E-state index contributed by atoms with van der Waals surface area (Å²) >= 11 is 0. The molecular weight excluding hydrogens is 324 g/mol. The van der Waals surface area contributed by atoms with Gasteiger partial charge in [0.2, 0.25) is 15.9 Å². The van der Waals surface area contributed by atoms with Crippen molar-refractivity contribution in [2.75, 3.05) is 24.7 Å². The van der Waals surface area contributed by atoms with E-state index in [4.69, 9.17) is 0 Å². The van der Waals surface area contributed by atoms with Gasteiger partial charge in [0.15, 0.2) is 0 Å². The number of hydrogen-bond donors (Lipinski definition) is 1. The normalized spacial score (nSPS) is 12.2. The molecule has 1 aromatic rings. The molecule has 0 unspecified atom stereocenters. The second-order valence-electron chi connectivity index (χ2n) is 6.77. The molecule has 24 heavy (non-hydrogen) atoms. The van der Waals surface area contributed by atoms with E-state index in [9.17, 15) is 13.2 Å². The smallest absolute Gasteiger partial charge is 0.239 e. The molecule has 0 saturated carbocycles. The maximum Gasteiger partial charge on any atom is 0.239 e. The summed E-state index contributed by atoms with van der Waals surface area (Å²) in [7, 11) is -3.39.